The molecule has 7 nitrogen and oxygen atoms in total. The first kappa shape index (κ1) is 10.9. The third-order valence-corrected chi connectivity index (χ3v) is 3.25. The van der Waals surface area contributed by atoms with Crippen molar-refractivity contribution in [1.29, 1.82) is 0 Å². The van der Waals surface area contributed by atoms with Crippen molar-refractivity contribution in [2.45, 2.75) is 4.90 Å². The summed E-state index contributed by atoms with van der Waals surface area (Å²) in [6.07, 6.45) is 0. The highest BCUT2D eigenvalue weighted by atomic mass is 32.2. The summed E-state index contributed by atoms with van der Waals surface area (Å²) in [4.78, 5) is 22.2. The molecule has 0 saturated heterocycles. The van der Waals surface area contributed by atoms with Gasteiger partial charge in [0, 0.05) is 0 Å². The summed E-state index contributed by atoms with van der Waals surface area (Å²) in [5.41, 5.74) is 0.578. The number of aromatic nitrogens is 2. The number of nitrogens with one attached hydrogen (secondary N) is 3. The maximum atomic E-state index is 11.5. The molecule has 8 heteroatoms. The smallest absolute Gasteiger partial charge is 0.306 e. The quantitative estimate of drug-likeness (QED) is 0.643. The Hall–Kier alpha value is -1.64. The summed E-state index contributed by atoms with van der Waals surface area (Å²) in [6, 6.07) is 4.21. The number of hydrogen-bond donors (Lipinski definition) is 3. The fourth-order valence-corrected chi connectivity index (χ4v) is 2.17. The summed E-state index contributed by atoms with van der Waals surface area (Å²) < 4.78 is 23.1. The van der Waals surface area contributed by atoms with Crippen LogP contribution in [-0.2, 0) is 14.9 Å². The fraction of sp³-hybridized carbons (Fsp3) is 0.125. The minimum absolute atomic E-state index is 0.0112. The number of imidazole rings is 1. The van der Waals surface area contributed by atoms with Gasteiger partial charge in [0.05, 0.1) is 23.0 Å². The number of aromatic amines is 2. The molecule has 1 aromatic heterocycles. The Labute approximate surface area is 90.4 Å². The topological polar surface area (TPSA) is 104 Å². The predicted octanol–water partition coefficient (Wildman–Crippen LogP) is -0.304. The molecule has 1 heterocycles. The standard InChI is InChI=1S/C8H9N3O4S/c1-15-11-16(13,14)5-2-3-6-7(4-5)10-8(12)9-6/h2-4,11H,1H3,(H2,9,10,12). The van der Waals surface area contributed by atoms with Crippen molar-refractivity contribution in [2.75, 3.05) is 7.11 Å². The molecule has 0 spiro atoms. The van der Waals surface area contributed by atoms with Gasteiger partial charge in [-0.05, 0) is 18.2 Å². The Morgan fingerprint density at radius 3 is 2.62 bits per heavy atom. The molecule has 0 bridgehead atoms. The normalized spacial score (nSPS) is 12.1. The number of H-pyrrole nitrogens is 2. The maximum Gasteiger partial charge on any atom is 0.323 e. The van der Waals surface area contributed by atoms with Crippen molar-refractivity contribution in [3.05, 3.63) is 28.7 Å². The molecule has 16 heavy (non-hydrogen) atoms. The molecule has 3 N–H and O–H groups in total. The molecule has 0 saturated carbocycles. The van der Waals surface area contributed by atoms with Crippen molar-refractivity contribution in [1.82, 2.24) is 14.9 Å². The molecule has 2 aromatic rings. The maximum absolute atomic E-state index is 11.5. The number of rotatable bonds is 3. The van der Waals surface area contributed by atoms with Gasteiger partial charge in [-0.1, -0.05) is 4.89 Å². The molecule has 2 rings (SSSR count). The van der Waals surface area contributed by atoms with Crippen LogP contribution in [-0.4, -0.2) is 25.5 Å². The zero-order valence-electron chi connectivity index (χ0n) is 8.27. The fourth-order valence-electron chi connectivity index (χ4n) is 1.34. The molecular formula is C8H9N3O4S. The van der Waals surface area contributed by atoms with Crippen molar-refractivity contribution in [3.63, 3.8) is 0 Å². The first-order valence-electron chi connectivity index (χ1n) is 4.30. The van der Waals surface area contributed by atoms with E-state index in [1.807, 2.05) is 4.89 Å². The lowest BCUT2D eigenvalue weighted by atomic mass is 10.3. The van der Waals surface area contributed by atoms with E-state index in [4.69, 9.17) is 0 Å². The van der Waals surface area contributed by atoms with Crippen LogP contribution in [0.4, 0.5) is 0 Å². The van der Waals surface area contributed by atoms with Crippen LogP contribution in [0.2, 0.25) is 0 Å². The Kier molecular flexibility index (Phi) is 2.54. The first-order valence-corrected chi connectivity index (χ1v) is 5.78. The third-order valence-electron chi connectivity index (χ3n) is 1.99. The van der Waals surface area contributed by atoms with Gasteiger partial charge in [0.2, 0.25) is 0 Å². The number of sulfonamides is 1. The van der Waals surface area contributed by atoms with E-state index in [1.54, 1.807) is 0 Å². The minimum atomic E-state index is -3.70. The van der Waals surface area contributed by atoms with E-state index in [-0.39, 0.29) is 10.6 Å². The average molecular weight is 243 g/mol. The van der Waals surface area contributed by atoms with Gasteiger partial charge >= 0.3 is 5.69 Å². The second kappa shape index (κ2) is 3.74. The van der Waals surface area contributed by atoms with Crippen LogP contribution in [0, 0.1) is 0 Å². The second-order valence-electron chi connectivity index (χ2n) is 3.08. The molecular weight excluding hydrogens is 234 g/mol. The Morgan fingerprint density at radius 1 is 1.25 bits per heavy atom. The van der Waals surface area contributed by atoms with Crippen molar-refractivity contribution < 1.29 is 13.3 Å². The Morgan fingerprint density at radius 2 is 1.94 bits per heavy atom. The number of fused-ring (bicyclic) bond motifs is 1. The minimum Gasteiger partial charge on any atom is -0.306 e. The van der Waals surface area contributed by atoms with Crippen LogP contribution in [0.3, 0.4) is 0 Å². The zero-order chi connectivity index (χ0) is 11.8. The van der Waals surface area contributed by atoms with E-state index in [2.05, 4.69) is 14.8 Å². The lowest BCUT2D eigenvalue weighted by Crippen LogP contribution is -2.22. The van der Waals surface area contributed by atoms with Crippen LogP contribution in [0.25, 0.3) is 11.0 Å². The average Bonchev–Trinajstić information content (AvgIpc) is 2.56. The highest BCUT2D eigenvalue weighted by molar-refractivity contribution is 7.89. The van der Waals surface area contributed by atoms with Crippen molar-refractivity contribution in [3.8, 4) is 0 Å². The lowest BCUT2D eigenvalue weighted by molar-refractivity contribution is 0.153. The van der Waals surface area contributed by atoms with E-state index in [0.717, 1.165) is 0 Å². The highest BCUT2D eigenvalue weighted by Crippen LogP contribution is 2.14. The highest BCUT2D eigenvalue weighted by Gasteiger charge is 2.14. The van der Waals surface area contributed by atoms with Crippen LogP contribution < -0.4 is 10.6 Å². The largest absolute Gasteiger partial charge is 0.323 e. The zero-order valence-corrected chi connectivity index (χ0v) is 9.09. The van der Waals surface area contributed by atoms with E-state index in [1.165, 1.54) is 25.3 Å². The number of benzene rings is 1. The summed E-state index contributed by atoms with van der Waals surface area (Å²) in [5.74, 6) is 0. The monoisotopic (exact) mass is 243 g/mol. The lowest BCUT2D eigenvalue weighted by Gasteiger charge is -2.03. The molecule has 0 fully saturated rings. The summed E-state index contributed by atoms with van der Waals surface area (Å²) in [7, 11) is -2.50. The predicted molar refractivity (Wildman–Crippen MR) is 56.2 cm³/mol. The molecule has 0 radical (unpaired) electrons. The molecule has 0 aliphatic heterocycles. The Bertz CT molecular complexity index is 670. The van der Waals surface area contributed by atoms with Crippen molar-refractivity contribution in [2.24, 2.45) is 0 Å². The van der Waals surface area contributed by atoms with Gasteiger partial charge in [0.15, 0.2) is 0 Å². The summed E-state index contributed by atoms with van der Waals surface area (Å²) in [6.45, 7) is 0. The van der Waals surface area contributed by atoms with Crippen LogP contribution in [0.15, 0.2) is 27.9 Å². The van der Waals surface area contributed by atoms with E-state index >= 15 is 0 Å². The molecule has 1 aromatic carbocycles. The van der Waals surface area contributed by atoms with Gasteiger partial charge < -0.3 is 9.97 Å². The summed E-state index contributed by atoms with van der Waals surface area (Å²) in [5, 5.41) is 0. The van der Waals surface area contributed by atoms with Crippen LogP contribution >= 0.6 is 0 Å². The molecule has 0 aliphatic carbocycles. The van der Waals surface area contributed by atoms with E-state index in [9.17, 15) is 13.2 Å². The van der Waals surface area contributed by atoms with Gasteiger partial charge in [-0.25, -0.2) is 13.2 Å². The molecule has 0 aliphatic rings. The van der Waals surface area contributed by atoms with Crippen molar-refractivity contribution >= 4 is 21.1 Å². The van der Waals surface area contributed by atoms with Crippen LogP contribution in [0.5, 0.6) is 0 Å². The van der Waals surface area contributed by atoms with E-state index < -0.39 is 10.0 Å². The van der Waals surface area contributed by atoms with Gasteiger partial charge in [-0.2, -0.15) is 0 Å². The SMILES string of the molecule is CONS(=O)(=O)c1ccc2[nH]c(=O)[nH]c2c1. The number of hydrogen-bond acceptors (Lipinski definition) is 4. The van der Waals surface area contributed by atoms with Gasteiger partial charge in [-0.15, -0.1) is 0 Å². The molecule has 0 amide bonds. The molecule has 0 unspecified atom stereocenters. The first-order chi connectivity index (χ1) is 7.53. The van der Waals surface area contributed by atoms with Gasteiger partial charge in [0.1, 0.15) is 0 Å². The van der Waals surface area contributed by atoms with Gasteiger partial charge in [-0.3, -0.25) is 4.84 Å². The second-order valence-corrected chi connectivity index (χ2v) is 4.72. The summed E-state index contributed by atoms with van der Waals surface area (Å²) >= 11 is 0. The van der Waals surface area contributed by atoms with Gasteiger partial charge in [0.25, 0.3) is 10.0 Å². The molecule has 86 valence electrons. The van der Waals surface area contributed by atoms with Crippen LogP contribution in [0.1, 0.15) is 0 Å². The van der Waals surface area contributed by atoms with E-state index in [0.29, 0.717) is 11.0 Å². The molecule has 0 atom stereocenters. The third kappa shape index (κ3) is 1.85. The Balaban J connectivity index is 2.59.